The molecule has 0 spiro atoms. The number of piperazine rings is 1. The van der Waals surface area contributed by atoms with Crippen molar-refractivity contribution in [3.63, 3.8) is 0 Å². The van der Waals surface area contributed by atoms with Crippen molar-refractivity contribution in [1.82, 2.24) is 0 Å². The maximum absolute atomic E-state index is 12.0. The Morgan fingerprint density at radius 3 is 2.48 bits per heavy atom. The summed E-state index contributed by atoms with van der Waals surface area (Å²) in [4.78, 5) is 24.2. The number of anilines is 1. The highest BCUT2D eigenvalue weighted by atomic mass is 35.5. The fraction of sp³-hybridized carbons (Fsp3) is 0.429. The molecule has 6 nitrogen and oxygen atoms in total. The molecule has 0 saturated carbocycles. The topological polar surface area (TPSA) is 90.3 Å². The number of aliphatic carboxylic acids is 1. The van der Waals surface area contributed by atoms with Crippen LogP contribution in [0.15, 0.2) is 24.3 Å². The van der Waals surface area contributed by atoms with E-state index < -0.39 is 12.0 Å². The summed E-state index contributed by atoms with van der Waals surface area (Å²) in [5.41, 5.74) is 0.600. The molecule has 0 unspecified atom stereocenters. The maximum Gasteiger partial charge on any atom is 0.230 e. The second-order valence-corrected chi connectivity index (χ2v) is 5.59. The molecule has 1 fully saturated rings. The van der Waals surface area contributed by atoms with Crippen molar-refractivity contribution in [2.75, 3.05) is 31.5 Å². The number of hydrogen-bond acceptors (Lipinski definition) is 3. The molecule has 1 amide bonds. The number of amides is 1. The summed E-state index contributed by atoms with van der Waals surface area (Å²) in [7, 11) is 0. The van der Waals surface area contributed by atoms with Gasteiger partial charge < -0.3 is 25.4 Å². The van der Waals surface area contributed by atoms with Gasteiger partial charge in [-0.05, 0) is 24.3 Å². The van der Waals surface area contributed by atoms with Crippen LogP contribution < -0.4 is 20.6 Å². The van der Waals surface area contributed by atoms with Gasteiger partial charge in [0.05, 0.1) is 12.4 Å². The Morgan fingerprint density at radius 1 is 1.29 bits per heavy atom. The molecule has 1 aromatic carbocycles. The highest BCUT2D eigenvalue weighted by Crippen LogP contribution is 2.13. The molecular formula is C14H19ClN3O3+. The SMILES string of the molecule is O=C(C[C@@H](C(=O)[O-])[NH+]1CC[NH2+]CC1)Nc1ccc(Cl)cc1. The highest BCUT2D eigenvalue weighted by molar-refractivity contribution is 6.30. The lowest BCUT2D eigenvalue weighted by molar-refractivity contribution is -0.961. The molecule has 1 aliphatic heterocycles. The van der Waals surface area contributed by atoms with E-state index in [1.165, 1.54) is 0 Å². The lowest BCUT2D eigenvalue weighted by Crippen LogP contribution is -3.24. The lowest BCUT2D eigenvalue weighted by Gasteiger charge is -2.30. The molecule has 1 aromatic rings. The van der Waals surface area contributed by atoms with Gasteiger partial charge in [-0.3, -0.25) is 4.79 Å². The summed E-state index contributed by atoms with van der Waals surface area (Å²) in [5, 5.41) is 16.7. The first kappa shape index (κ1) is 15.8. The van der Waals surface area contributed by atoms with Gasteiger partial charge in [-0.2, -0.15) is 0 Å². The summed E-state index contributed by atoms with van der Waals surface area (Å²) in [6, 6.07) is 5.89. The van der Waals surface area contributed by atoms with E-state index in [0.29, 0.717) is 10.7 Å². The lowest BCUT2D eigenvalue weighted by atomic mass is 10.1. The van der Waals surface area contributed by atoms with Gasteiger partial charge in [-0.25, -0.2) is 0 Å². The average Bonchev–Trinajstić information content (AvgIpc) is 2.48. The van der Waals surface area contributed by atoms with Gasteiger partial charge in [-0.15, -0.1) is 0 Å². The number of nitrogens with one attached hydrogen (secondary N) is 2. The normalized spacial score (nSPS) is 17.2. The molecule has 21 heavy (non-hydrogen) atoms. The fourth-order valence-corrected chi connectivity index (χ4v) is 2.64. The molecule has 0 bridgehead atoms. The standard InChI is InChI=1S/C14H18ClN3O3/c15-10-1-3-11(4-2-10)17-13(19)9-12(14(20)21)18-7-5-16-6-8-18/h1-4,12,16H,5-9H2,(H,17,19)(H,20,21)/p+1/t12-/m0/s1. The zero-order chi connectivity index (χ0) is 15.2. The summed E-state index contributed by atoms with van der Waals surface area (Å²) < 4.78 is 0. The number of carboxylic acid groups (broad SMARTS) is 1. The van der Waals surface area contributed by atoms with E-state index >= 15 is 0 Å². The number of carbonyl (C=O) groups is 2. The molecule has 1 heterocycles. The predicted octanol–water partition coefficient (Wildman–Crippen LogP) is -2.75. The van der Waals surface area contributed by atoms with Crippen LogP contribution in [0.5, 0.6) is 0 Å². The Labute approximate surface area is 128 Å². The molecule has 2 rings (SSSR count). The van der Waals surface area contributed by atoms with Crippen molar-refractivity contribution < 1.29 is 24.9 Å². The molecule has 114 valence electrons. The third-order valence-corrected chi connectivity index (χ3v) is 3.89. The van der Waals surface area contributed by atoms with Crippen LogP contribution in [-0.2, 0) is 9.59 Å². The van der Waals surface area contributed by atoms with Crippen molar-refractivity contribution in [2.24, 2.45) is 0 Å². The molecule has 1 saturated heterocycles. The molecule has 1 aliphatic rings. The number of benzene rings is 1. The summed E-state index contributed by atoms with van der Waals surface area (Å²) in [6.07, 6.45) is -0.0830. The Kier molecular flexibility index (Phi) is 5.55. The monoisotopic (exact) mass is 312 g/mol. The first-order valence-electron chi connectivity index (χ1n) is 6.99. The molecule has 4 N–H and O–H groups in total. The van der Waals surface area contributed by atoms with Crippen LogP contribution in [0.1, 0.15) is 6.42 Å². The van der Waals surface area contributed by atoms with Crippen molar-refractivity contribution in [3.05, 3.63) is 29.3 Å². The number of rotatable bonds is 5. The summed E-state index contributed by atoms with van der Waals surface area (Å²) in [6.45, 7) is 3.20. The highest BCUT2D eigenvalue weighted by Gasteiger charge is 2.29. The molecular weight excluding hydrogens is 294 g/mol. The largest absolute Gasteiger partial charge is 0.544 e. The Bertz CT molecular complexity index is 501. The van der Waals surface area contributed by atoms with Gasteiger partial charge in [0.25, 0.3) is 0 Å². The van der Waals surface area contributed by atoms with E-state index in [-0.39, 0.29) is 12.3 Å². The minimum absolute atomic E-state index is 0.0830. The zero-order valence-electron chi connectivity index (χ0n) is 11.6. The molecule has 7 heteroatoms. The third kappa shape index (κ3) is 4.70. The van der Waals surface area contributed by atoms with E-state index in [9.17, 15) is 14.7 Å². The van der Waals surface area contributed by atoms with E-state index in [0.717, 1.165) is 31.1 Å². The Hall–Kier alpha value is -1.63. The minimum atomic E-state index is -1.17. The maximum atomic E-state index is 12.0. The van der Waals surface area contributed by atoms with Crippen LogP contribution in [0.25, 0.3) is 0 Å². The molecule has 0 aliphatic carbocycles. The number of hydrogen-bond donors (Lipinski definition) is 3. The second-order valence-electron chi connectivity index (χ2n) is 5.16. The van der Waals surface area contributed by atoms with Gasteiger partial charge in [0.15, 0.2) is 0 Å². The van der Waals surface area contributed by atoms with Crippen molar-refractivity contribution >= 4 is 29.2 Å². The van der Waals surface area contributed by atoms with Crippen LogP contribution in [0, 0.1) is 0 Å². The van der Waals surface area contributed by atoms with Crippen LogP contribution >= 0.6 is 11.6 Å². The minimum Gasteiger partial charge on any atom is -0.544 e. The van der Waals surface area contributed by atoms with Crippen molar-refractivity contribution in [2.45, 2.75) is 12.5 Å². The number of halogens is 1. The van der Waals surface area contributed by atoms with Crippen LogP contribution in [0.4, 0.5) is 5.69 Å². The van der Waals surface area contributed by atoms with Gasteiger partial charge in [0.1, 0.15) is 32.2 Å². The van der Waals surface area contributed by atoms with E-state index in [1.54, 1.807) is 24.3 Å². The van der Waals surface area contributed by atoms with Crippen molar-refractivity contribution in [1.29, 1.82) is 0 Å². The second kappa shape index (κ2) is 7.40. The smallest absolute Gasteiger partial charge is 0.230 e. The quantitative estimate of drug-likeness (QED) is 0.550. The predicted molar refractivity (Wildman–Crippen MR) is 75.8 cm³/mol. The number of nitrogens with two attached hydrogens (primary N) is 1. The number of quaternary nitrogens is 2. The molecule has 1 atom stereocenters. The molecule has 0 aromatic heterocycles. The van der Waals surface area contributed by atoms with Crippen LogP contribution in [-0.4, -0.2) is 44.1 Å². The van der Waals surface area contributed by atoms with Crippen molar-refractivity contribution in [3.8, 4) is 0 Å². The first-order chi connectivity index (χ1) is 10.1. The first-order valence-corrected chi connectivity index (χ1v) is 7.36. The van der Waals surface area contributed by atoms with Crippen LogP contribution in [0.3, 0.4) is 0 Å². The number of carboxylic acids is 1. The Balaban J connectivity index is 1.94. The summed E-state index contributed by atoms with van der Waals surface area (Å²) >= 11 is 5.77. The van der Waals surface area contributed by atoms with E-state index in [1.807, 2.05) is 0 Å². The Morgan fingerprint density at radius 2 is 1.90 bits per heavy atom. The molecule has 0 radical (unpaired) electrons. The summed E-state index contributed by atoms with van der Waals surface area (Å²) in [5.74, 6) is -1.49. The van der Waals surface area contributed by atoms with E-state index in [4.69, 9.17) is 11.6 Å². The number of carbonyl (C=O) groups excluding carboxylic acids is 2. The third-order valence-electron chi connectivity index (χ3n) is 3.63. The van der Waals surface area contributed by atoms with Gasteiger partial charge in [-0.1, -0.05) is 11.6 Å². The zero-order valence-corrected chi connectivity index (χ0v) is 12.4. The average molecular weight is 313 g/mol. The fourth-order valence-electron chi connectivity index (χ4n) is 2.52. The van der Waals surface area contributed by atoms with Gasteiger partial charge in [0.2, 0.25) is 5.91 Å². The van der Waals surface area contributed by atoms with Gasteiger partial charge in [0, 0.05) is 10.7 Å². The van der Waals surface area contributed by atoms with E-state index in [2.05, 4.69) is 10.6 Å². The van der Waals surface area contributed by atoms with Gasteiger partial charge >= 0.3 is 0 Å². The van der Waals surface area contributed by atoms with Crippen LogP contribution in [0.2, 0.25) is 5.02 Å².